The maximum Gasteiger partial charge on any atom is 0.323 e. The average molecular weight is 166 g/mol. The van der Waals surface area contributed by atoms with Gasteiger partial charge in [-0.2, -0.15) is 0 Å². The van der Waals surface area contributed by atoms with Gasteiger partial charge in [-0.1, -0.05) is 0 Å². The molecular formula is C7H8N3O2. The van der Waals surface area contributed by atoms with E-state index in [1.54, 1.807) is 13.1 Å². The highest BCUT2D eigenvalue weighted by atomic mass is 16.4. The zero-order chi connectivity index (χ0) is 8.97. The van der Waals surface area contributed by atoms with Gasteiger partial charge in [-0.05, 0) is 6.07 Å². The van der Waals surface area contributed by atoms with E-state index in [9.17, 15) is 4.79 Å². The van der Waals surface area contributed by atoms with Gasteiger partial charge in [0.05, 0.1) is 0 Å². The third-order valence-corrected chi connectivity index (χ3v) is 1.28. The van der Waals surface area contributed by atoms with Gasteiger partial charge in [0.2, 0.25) is 0 Å². The Hall–Kier alpha value is -1.65. The molecule has 0 spiro atoms. The predicted molar refractivity (Wildman–Crippen MR) is 41.8 cm³/mol. The first-order valence-corrected chi connectivity index (χ1v) is 3.32. The van der Waals surface area contributed by atoms with Gasteiger partial charge in [0.1, 0.15) is 12.4 Å². The molecular weight excluding hydrogens is 158 g/mol. The number of rotatable bonds is 3. The number of aromatic nitrogens is 2. The standard InChI is InChI=1S/C7H8N3O2/c1-10(4-7(11)12)6-2-3-8-5-9-6/h2-3H,4H2,1H3,(H,11,12). The van der Waals surface area contributed by atoms with Crippen molar-refractivity contribution in [1.29, 1.82) is 0 Å². The van der Waals surface area contributed by atoms with Crippen LogP contribution in [-0.4, -0.2) is 34.6 Å². The minimum absolute atomic E-state index is 0.0785. The molecule has 0 saturated carbocycles. The fourth-order valence-electron chi connectivity index (χ4n) is 0.751. The molecule has 1 N–H and O–H groups in total. The van der Waals surface area contributed by atoms with Crippen LogP contribution in [0.2, 0.25) is 0 Å². The Labute approximate surface area is 69.7 Å². The Balaban J connectivity index is 2.65. The van der Waals surface area contributed by atoms with Gasteiger partial charge in [-0.3, -0.25) is 4.79 Å². The Kier molecular flexibility index (Phi) is 2.57. The van der Waals surface area contributed by atoms with Crippen LogP contribution in [0.1, 0.15) is 0 Å². The Morgan fingerprint density at radius 3 is 3.08 bits per heavy atom. The zero-order valence-electron chi connectivity index (χ0n) is 6.56. The Bertz CT molecular complexity index is 263. The van der Waals surface area contributed by atoms with Gasteiger partial charge in [-0.15, -0.1) is 0 Å². The molecule has 0 amide bonds. The number of anilines is 1. The summed E-state index contributed by atoms with van der Waals surface area (Å²) in [6, 6.07) is 1.62. The van der Waals surface area contributed by atoms with Gasteiger partial charge in [0.15, 0.2) is 6.33 Å². The van der Waals surface area contributed by atoms with E-state index in [0.29, 0.717) is 5.82 Å². The van der Waals surface area contributed by atoms with Crippen molar-refractivity contribution in [2.45, 2.75) is 0 Å². The molecule has 1 heterocycles. The molecule has 5 nitrogen and oxygen atoms in total. The second-order valence-corrected chi connectivity index (χ2v) is 2.26. The Morgan fingerprint density at radius 1 is 1.83 bits per heavy atom. The van der Waals surface area contributed by atoms with E-state index < -0.39 is 5.97 Å². The first-order valence-electron chi connectivity index (χ1n) is 3.32. The number of hydrogen-bond acceptors (Lipinski definition) is 4. The normalized spacial score (nSPS) is 9.42. The number of carbonyl (C=O) groups is 1. The zero-order valence-corrected chi connectivity index (χ0v) is 6.56. The van der Waals surface area contributed by atoms with Gasteiger partial charge < -0.3 is 10.0 Å². The van der Waals surface area contributed by atoms with Gasteiger partial charge >= 0.3 is 5.97 Å². The molecule has 0 fully saturated rings. The number of carboxylic acids is 1. The average Bonchev–Trinajstić information content (AvgIpc) is 2.05. The molecule has 1 aromatic heterocycles. The molecule has 63 valence electrons. The third kappa shape index (κ3) is 2.19. The van der Waals surface area contributed by atoms with Crippen molar-refractivity contribution >= 4 is 11.8 Å². The molecule has 0 saturated heterocycles. The molecule has 1 aromatic rings. The van der Waals surface area contributed by atoms with Crippen molar-refractivity contribution in [2.75, 3.05) is 18.5 Å². The fraction of sp³-hybridized carbons (Fsp3) is 0.286. The lowest BCUT2D eigenvalue weighted by Crippen LogP contribution is -2.25. The number of aliphatic carboxylic acids is 1. The van der Waals surface area contributed by atoms with Crippen molar-refractivity contribution in [3.05, 3.63) is 18.6 Å². The van der Waals surface area contributed by atoms with E-state index in [2.05, 4.69) is 16.3 Å². The van der Waals surface area contributed by atoms with Crippen LogP contribution in [-0.2, 0) is 4.79 Å². The number of carboxylic acid groups (broad SMARTS) is 1. The van der Waals surface area contributed by atoms with Crippen LogP contribution in [0.5, 0.6) is 0 Å². The largest absolute Gasteiger partial charge is 0.480 e. The molecule has 1 radical (unpaired) electrons. The molecule has 0 aromatic carbocycles. The summed E-state index contributed by atoms with van der Waals surface area (Å²) in [6.45, 7) is -0.0785. The highest BCUT2D eigenvalue weighted by Crippen LogP contribution is 2.03. The summed E-state index contributed by atoms with van der Waals surface area (Å²) < 4.78 is 0. The summed E-state index contributed by atoms with van der Waals surface area (Å²) in [4.78, 5) is 19.1. The van der Waals surface area contributed by atoms with E-state index >= 15 is 0 Å². The summed E-state index contributed by atoms with van der Waals surface area (Å²) in [6.07, 6.45) is 3.90. The molecule has 12 heavy (non-hydrogen) atoms. The number of hydrogen-bond donors (Lipinski definition) is 1. The van der Waals surface area contributed by atoms with E-state index in [1.807, 2.05) is 0 Å². The second kappa shape index (κ2) is 3.66. The fourth-order valence-corrected chi connectivity index (χ4v) is 0.751. The van der Waals surface area contributed by atoms with Crippen LogP contribution in [0, 0.1) is 6.33 Å². The van der Waals surface area contributed by atoms with Gasteiger partial charge in [0.25, 0.3) is 0 Å². The molecule has 0 bridgehead atoms. The highest BCUT2D eigenvalue weighted by molar-refractivity contribution is 5.72. The molecule has 0 aliphatic rings. The van der Waals surface area contributed by atoms with Crippen LogP contribution in [0.3, 0.4) is 0 Å². The summed E-state index contributed by atoms with van der Waals surface area (Å²) >= 11 is 0. The lowest BCUT2D eigenvalue weighted by molar-refractivity contribution is -0.135. The summed E-state index contributed by atoms with van der Waals surface area (Å²) in [7, 11) is 1.64. The first kappa shape index (κ1) is 8.45. The van der Waals surface area contributed by atoms with Crippen LogP contribution in [0.4, 0.5) is 5.82 Å². The molecule has 0 aliphatic carbocycles. The summed E-state index contributed by atoms with van der Waals surface area (Å²) in [5, 5.41) is 8.45. The van der Waals surface area contributed by atoms with Gasteiger partial charge in [-0.25, -0.2) is 9.97 Å². The number of likely N-dealkylation sites (N-methyl/N-ethyl adjacent to an activating group) is 1. The van der Waals surface area contributed by atoms with Gasteiger partial charge in [0, 0.05) is 13.2 Å². The Morgan fingerprint density at radius 2 is 2.58 bits per heavy atom. The lowest BCUT2D eigenvalue weighted by Gasteiger charge is -2.13. The van der Waals surface area contributed by atoms with Crippen molar-refractivity contribution in [3.8, 4) is 0 Å². The smallest absolute Gasteiger partial charge is 0.323 e. The molecule has 0 unspecified atom stereocenters. The lowest BCUT2D eigenvalue weighted by atomic mass is 10.5. The molecule has 5 heteroatoms. The second-order valence-electron chi connectivity index (χ2n) is 2.26. The van der Waals surface area contributed by atoms with Crippen LogP contribution in [0.25, 0.3) is 0 Å². The highest BCUT2D eigenvalue weighted by Gasteiger charge is 2.05. The van der Waals surface area contributed by atoms with E-state index in [-0.39, 0.29) is 6.54 Å². The monoisotopic (exact) mass is 166 g/mol. The molecule has 1 rings (SSSR count). The van der Waals surface area contributed by atoms with Crippen molar-refractivity contribution in [1.82, 2.24) is 9.97 Å². The number of nitrogens with zero attached hydrogens (tertiary/aromatic N) is 3. The molecule has 0 atom stereocenters. The topological polar surface area (TPSA) is 66.3 Å². The van der Waals surface area contributed by atoms with Crippen molar-refractivity contribution in [2.24, 2.45) is 0 Å². The van der Waals surface area contributed by atoms with Crippen molar-refractivity contribution in [3.63, 3.8) is 0 Å². The third-order valence-electron chi connectivity index (χ3n) is 1.28. The maximum absolute atomic E-state index is 10.3. The predicted octanol–water partition coefficient (Wildman–Crippen LogP) is -0.202. The van der Waals surface area contributed by atoms with Crippen LogP contribution < -0.4 is 4.90 Å². The summed E-state index contributed by atoms with van der Waals surface area (Å²) in [5.41, 5.74) is 0. The minimum Gasteiger partial charge on any atom is -0.480 e. The van der Waals surface area contributed by atoms with E-state index in [1.165, 1.54) is 11.1 Å². The van der Waals surface area contributed by atoms with Crippen LogP contribution in [0.15, 0.2) is 12.3 Å². The SMILES string of the molecule is CN(CC(=O)O)c1ccn[c]n1. The maximum atomic E-state index is 10.3. The summed E-state index contributed by atoms with van der Waals surface area (Å²) in [5.74, 6) is -0.344. The van der Waals surface area contributed by atoms with E-state index in [0.717, 1.165) is 0 Å². The van der Waals surface area contributed by atoms with E-state index in [4.69, 9.17) is 5.11 Å². The van der Waals surface area contributed by atoms with Crippen LogP contribution >= 0.6 is 0 Å². The van der Waals surface area contributed by atoms with Crippen molar-refractivity contribution < 1.29 is 9.90 Å². The first-order chi connectivity index (χ1) is 5.70. The quantitative estimate of drug-likeness (QED) is 0.673. The molecule has 0 aliphatic heterocycles. The minimum atomic E-state index is -0.892.